The molecular formula is C19H19N3O4. The molecule has 0 aliphatic carbocycles. The van der Waals surface area contributed by atoms with Gasteiger partial charge in [0.05, 0.1) is 12.5 Å². The van der Waals surface area contributed by atoms with Crippen molar-refractivity contribution >= 4 is 17.6 Å². The van der Waals surface area contributed by atoms with Gasteiger partial charge in [0.25, 0.3) is 0 Å². The number of benzene rings is 2. The first-order valence-electron chi connectivity index (χ1n) is 8.49. The summed E-state index contributed by atoms with van der Waals surface area (Å²) < 4.78 is 10.6. The summed E-state index contributed by atoms with van der Waals surface area (Å²) in [5.74, 6) is 1.21. The minimum atomic E-state index is -0.312. The van der Waals surface area contributed by atoms with Crippen LogP contribution in [0.15, 0.2) is 48.5 Å². The molecular weight excluding hydrogens is 334 g/mol. The molecule has 2 aromatic rings. The van der Waals surface area contributed by atoms with E-state index in [-0.39, 0.29) is 31.2 Å². The zero-order valence-corrected chi connectivity index (χ0v) is 14.1. The number of hydrogen-bond acceptors (Lipinski definition) is 4. The van der Waals surface area contributed by atoms with Gasteiger partial charge in [-0.15, -0.1) is 0 Å². The monoisotopic (exact) mass is 353 g/mol. The van der Waals surface area contributed by atoms with E-state index in [0.717, 1.165) is 5.56 Å². The molecule has 1 atom stereocenters. The largest absolute Gasteiger partial charge is 0.454 e. The topological polar surface area (TPSA) is 79.9 Å². The fourth-order valence-electron chi connectivity index (χ4n) is 3.22. The van der Waals surface area contributed by atoms with Gasteiger partial charge < -0.3 is 25.0 Å². The van der Waals surface area contributed by atoms with E-state index in [0.29, 0.717) is 30.3 Å². The third-order valence-electron chi connectivity index (χ3n) is 4.50. The van der Waals surface area contributed by atoms with Gasteiger partial charge in [-0.2, -0.15) is 0 Å². The van der Waals surface area contributed by atoms with Crippen molar-refractivity contribution < 1.29 is 19.1 Å². The normalized spacial score (nSPS) is 18.8. The lowest BCUT2D eigenvalue weighted by atomic mass is 10.0. The lowest BCUT2D eigenvalue weighted by molar-refractivity contribution is -0.121. The van der Waals surface area contributed by atoms with Crippen LogP contribution in [0.4, 0.5) is 10.5 Å². The number of anilines is 1. The lowest BCUT2D eigenvalue weighted by Crippen LogP contribution is -2.39. The zero-order chi connectivity index (χ0) is 17.9. The molecule has 1 saturated heterocycles. The summed E-state index contributed by atoms with van der Waals surface area (Å²) in [6, 6.07) is 14.3. The van der Waals surface area contributed by atoms with Gasteiger partial charge in [0.2, 0.25) is 12.7 Å². The maximum Gasteiger partial charge on any atom is 0.322 e. The number of hydrogen-bond donors (Lipinski definition) is 2. The van der Waals surface area contributed by atoms with Crippen LogP contribution in [-0.2, 0) is 4.79 Å². The Labute approximate surface area is 150 Å². The highest BCUT2D eigenvalue weighted by Gasteiger charge is 2.30. The highest BCUT2D eigenvalue weighted by Crippen LogP contribution is 2.34. The maximum absolute atomic E-state index is 12.9. The van der Waals surface area contributed by atoms with E-state index in [1.165, 1.54) is 0 Å². The molecule has 2 N–H and O–H groups in total. The Hall–Kier alpha value is -3.22. The van der Waals surface area contributed by atoms with E-state index < -0.39 is 0 Å². The van der Waals surface area contributed by atoms with Gasteiger partial charge >= 0.3 is 6.03 Å². The molecule has 7 nitrogen and oxygen atoms in total. The minimum Gasteiger partial charge on any atom is -0.454 e. The van der Waals surface area contributed by atoms with Gasteiger partial charge in [0, 0.05) is 24.8 Å². The van der Waals surface area contributed by atoms with Crippen molar-refractivity contribution in [3.8, 4) is 11.5 Å². The Balaban J connectivity index is 1.56. The Bertz CT molecular complexity index is 825. The average Bonchev–Trinajstić information content (AvgIpc) is 3.03. The van der Waals surface area contributed by atoms with Crippen molar-refractivity contribution in [2.45, 2.75) is 12.5 Å². The highest BCUT2D eigenvalue weighted by atomic mass is 16.7. The van der Waals surface area contributed by atoms with Crippen molar-refractivity contribution in [3.63, 3.8) is 0 Å². The van der Waals surface area contributed by atoms with Gasteiger partial charge in [-0.1, -0.05) is 30.3 Å². The first-order valence-corrected chi connectivity index (χ1v) is 8.49. The van der Waals surface area contributed by atoms with Crippen molar-refractivity contribution in [2.24, 2.45) is 0 Å². The van der Waals surface area contributed by atoms with Crippen LogP contribution in [0.3, 0.4) is 0 Å². The molecule has 2 aliphatic rings. The zero-order valence-electron chi connectivity index (χ0n) is 14.1. The number of fused-ring (bicyclic) bond motifs is 1. The fourth-order valence-corrected chi connectivity index (χ4v) is 3.22. The molecule has 7 heteroatoms. The van der Waals surface area contributed by atoms with Gasteiger partial charge in [0.1, 0.15) is 0 Å². The standard InChI is InChI=1S/C19H19N3O4/c23-18-11-15(13-4-2-1-3-5-13)22(9-8-20-18)19(24)21-14-6-7-16-17(10-14)26-12-25-16/h1-7,10,15H,8-9,11-12H2,(H,20,23)(H,21,24). The molecule has 26 heavy (non-hydrogen) atoms. The summed E-state index contributed by atoms with van der Waals surface area (Å²) in [7, 11) is 0. The number of rotatable bonds is 2. The van der Waals surface area contributed by atoms with Crippen LogP contribution in [0.5, 0.6) is 11.5 Å². The minimum absolute atomic E-state index is 0.0581. The van der Waals surface area contributed by atoms with Gasteiger partial charge in [0.15, 0.2) is 11.5 Å². The summed E-state index contributed by atoms with van der Waals surface area (Å²) >= 11 is 0. The summed E-state index contributed by atoms with van der Waals surface area (Å²) in [5.41, 5.74) is 1.56. The van der Waals surface area contributed by atoms with Crippen molar-refractivity contribution in [1.29, 1.82) is 0 Å². The van der Waals surface area contributed by atoms with E-state index in [9.17, 15) is 9.59 Å². The molecule has 0 bridgehead atoms. The highest BCUT2D eigenvalue weighted by molar-refractivity contribution is 5.91. The smallest absolute Gasteiger partial charge is 0.322 e. The first-order chi connectivity index (χ1) is 12.7. The molecule has 134 valence electrons. The number of nitrogens with one attached hydrogen (secondary N) is 2. The van der Waals surface area contributed by atoms with Crippen LogP contribution in [0.2, 0.25) is 0 Å². The molecule has 0 aromatic heterocycles. The second-order valence-corrected chi connectivity index (χ2v) is 6.17. The Morgan fingerprint density at radius 3 is 2.77 bits per heavy atom. The molecule has 4 rings (SSSR count). The number of urea groups is 1. The second-order valence-electron chi connectivity index (χ2n) is 6.17. The second kappa shape index (κ2) is 6.95. The van der Waals surface area contributed by atoms with E-state index in [4.69, 9.17) is 9.47 Å². The van der Waals surface area contributed by atoms with Crippen LogP contribution < -0.4 is 20.1 Å². The quantitative estimate of drug-likeness (QED) is 0.869. The van der Waals surface area contributed by atoms with Gasteiger partial charge in [-0.25, -0.2) is 4.79 Å². The number of amides is 3. The first kappa shape index (κ1) is 16.3. The van der Waals surface area contributed by atoms with Gasteiger partial charge in [-0.05, 0) is 17.7 Å². The summed E-state index contributed by atoms with van der Waals surface area (Å²) in [6.07, 6.45) is 0.235. The molecule has 2 heterocycles. The van der Waals surface area contributed by atoms with Crippen LogP contribution in [-0.4, -0.2) is 36.7 Å². The van der Waals surface area contributed by atoms with Crippen molar-refractivity contribution in [3.05, 3.63) is 54.1 Å². The SMILES string of the molecule is O=C1CC(c2ccccc2)N(C(=O)Nc2ccc3c(c2)OCO3)CCN1. The van der Waals surface area contributed by atoms with Crippen molar-refractivity contribution in [1.82, 2.24) is 10.2 Å². The molecule has 2 aromatic carbocycles. The molecule has 0 spiro atoms. The van der Waals surface area contributed by atoms with Crippen LogP contribution >= 0.6 is 0 Å². The molecule has 3 amide bonds. The number of carbonyl (C=O) groups is 2. The summed E-state index contributed by atoms with van der Waals surface area (Å²) in [5, 5.41) is 5.73. The lowest BCUT2D eigenvalue weighted by Gasteiger charge is -2.29. The molecule has 2 aliphatic heterocycles. The van der Waals surface area contributed by atoms with E-state index in [2.05, 4.69) is 10.6 Å². The predicted molar refractivity (Wildman–Crippen MR) is 95.1 cm³/mol. The van der Waals surface area contributed by atoms with E-state index in [1.807, 2.05) is 30.3 Å². The van der Waals surface area contributed by atoms with Crippen LogP contribution in [0.25, 0.3) is 0 Å². The fraction of sp³-hybridized carbons (Fsp3) is 0.263. The predicted octanol–water partition coefficient (Wildman–Crippen LogP) is 2.51. The number of carbonyl (C=O) groups excluding carboxylic acids is 2. The third-order valence-corrected chi connectivity index (χ3v) is 4.50. The van der Waals surface area contributed by atoms with E-state index in [1.54, 1.807) is 23.1 Å². The number of ether oxygens (including phenoxy) is 2. The van der Waals surface area contributed by atoms with Gasteiger partial charge in [-0.3, -0.25) is 4.79 Å². The molecule has 0 saturated carbocycles. The molecule has 1 unspecified atom stereocenters. The van der Waals surface area contributed by atoms with E-state index >= 15 is 0 Å². The summed E-state index contributed by atoms with van der Waals surface area (Å²) in [6.45, 7) is 1.04. The Kier molecular flexibility index (Phi) is 4.35. The third kappa shape index (κ3) is 3.28. The maximum atomic E-state index is 12.9. The summed E-state index contributed by atoms with van der Waals surface area (Å²) in [4.78, 5) is 26.6. The Morgan fingerprint density at radius 1 is 1.12 bits per heavy atom. The van der Waals surface area contributed by atoms with Crippen molar-refractivity contribution in [2.75, 3.05) is 25.2 Å². The Morgan fingerprint density at radius 2 is 1.92 bits per heavy atom. The average molecular weight is 353 g/mol. The molecule has 1 fully saturated rings. The van der Waals surface area contributed by atoms with Crippen LogP contribution in [0.1, 0.15) is 18.0 Å². The number of nitrogens with zero attached hydrogens (tertiary/aromatic N) is 1. The molecule has 0 radical (unpaired) electrons. The van der Waals surface area contributed by atoms with Crippen LogP contribution in [0, 0.1) is 0 Å².